The average Bonchev–Trinajstić information content (AvgIpc) is 3.13. The van der Waals surface area contributed by atoms with Crippen LogP contribution < -0.4 is 14.4 Å². The molecule has 2 aliphatic heterocycles. The summed E-state index contributed by atoms with van der Waals surface area (Å²) >= 11 is 0. The van der Waals surface area contributed by atoms with E-state index in [4.69, 9.17) is 23.7 Å². The maximum Gasteiger partial charge on any atom is 0.309 e. The van der Waals surface area contributed by atoms with Crippen molar-refractivity contribution < 1.29 is 42.0 Å². The number of carboxylic acids is 1. The van der Waals surface area contributed by atoms with Gasteiger partial charge in [-0.15, -0.1) is 0 Å². The smallest absolute Gasteiger partial charge is 0.309 e. The van der Waals surface area contributed by atoms with Gasteiger partial charge in [0.25, 0.3) is 0 Å². The molecular weight excluding hydrogens is 685 g/mol. The van der Waals surface area contributed by atoms with Gasteiger partial charge in [-0.3, -0.25) is 4.79 Å². The van der Waals surface area contributed by atoms with Crippen LogP contribution in [0.25, 0.3) is 0 Å². The van der Waals surface area contributed by atoms with Gasteiger partial charge >= 0.3 is 5.97 Å². The highest BCUT2D eigenvalue weighted by Crippen LogP contribution is 2.42. The zero-order chi connectivity index (χ0) is 37.3. The number of piperidine rings is 1. The van der Waals surface area contributed by atoms with E-state index in [1.807, 2.05) is 43.3 Å². The van der Waals surface area contributed by atoms with Gasteiger partial charge < -0.3 is 33.7 Å². The Kier molecular flexibility index (Phi) is 13.6. The van der Waals surface area contributed by atoms with Crippen LogP contribution in [0.1, 0.15) is 62.1 Å². The first kappa shape index (κ1) is 39.5. The maximum atomic E-state index is 14.4. The summed E-state index contributed by atoms with van der Waals surface area (Å²) in [7, 11) is -0.637. The van der Waals surface area contributed by atoms with Crippen LogP contribution in [0.2, 0.25) is 0 Å². The standard InChI is InChI=1S/C40H54N2O9S/c1-29-8-15-34(16-9-29)52(45,46)42-27-38(51-28-30-10-17-37-36(24-30)41(19-23-50-37)18-6-20-47-4)35(25-32(42)26-40(2,3)39(43)44)31-11-13-33(14-12-31)49-22-7-21-48-5/h8-17,24,32,35,38H,6-7,18-23,25-28H2,1-5H3,(H,43,44)/t32-,35+,38-/m0/s1. The van der Waals surface area contributed by atoms with E-state index in [2.05, 4.69) is 11.0 Å². The van der Waals surface area contributed by atoms with Crippen molar-refractivity contribution in [2.45, 2.75) is 76.0 Å². The number of aliphatic carboxylic acids is 1. The van der Waals surface area contributed by atoms with E-state index in [1.165, 1.54) is 4.31 Å². The first-order valence-electron chi connectivity index (χ1n) is 18.1. The number of hydrogen-bond acceptors (Lipinski definition) is 9. The maximum absolute atomic E-state index is 14.4. The SMILES string of the molecule is COCCCOc1ccc([C@H]2C[C@@H](CC(C)(C)C(=O)O)N(S(=O)(=O)c3ccc(C)cc3)C[C@@H]2OCc2ccc3c(c2)N(CCCOC)CCO3)cc1. The van der Waals surface area contributed by atoms with Crippen molar-refractivity contribution in [3.05, 3.63) is 83.4 Å². The first-order chi connectivity index (χ1) is 24.9. The lowest BCUT2D eigenvalue weighted by atomic mass is 9.77. The molecule has 0 amide bonds. The van der Waals surface area contributed by atoms with Gasteiger partial charge in [-0.25, -0.2) is 8.42 Å². The van der Waals surface area contributed by atoms with Crippen LogP contribution >= 0.6 is 0 Å². The van der Waals surface area contributed by atoms with Crippen LogP contribution in [0.3, 0.4) is 0 Å². The molecular formula is C40H54N2O9S. The number of rotatable bonds is 18. The molecule has 52 heavy (non-hydrogen) atoms. The number of carboxylic acid groups (broad SMARTS) is 1. The van der Waals surface area contributed by atoms with Gasteiger partial charge in [0, 0.05) is 58.9 Å². The molecule has 0 saturated carbocycles. The largest absolute Gasteiger partial charge is 0.494 e. The molecule has 12 heteroatoms. The minimum Gasteiger partial charge on any atom is -0.494 e. The summed E-state index contributed by atoms with van der Waals surface area (Å²) in [5, 5.41) is 10.1. The highest BCUT2D eigenvalue weighted by atomic mass is 32.2. The van der Waals surface area contributed by atoms with E-state index in [1.54, 1.807) is 52.3 Å². The fourth-order valence-electron chi connectivity index (χ4n) is 6.99. The molecule has 1 N–H and O–H groups in total. The lowest BCUT2D eigenvalue weighted by molar-refractivity contribution is -0.148. The molecule has 11 nitrogen and oxygen atoms in total. The molecule has 284 valence electrons. The molecule has 2 heterocycles. The number of fused-ring (bicyclic) bond motifs is 1. The summed E-state index contributed by atoms with van der Waals surface area (Å²) < 4.78 is 59.3. The fourth-order valence-corrected chi connectivity index (χ4v) is 8.63. The molecule has 0 radical (unpaired) electrons. The van der Waals surface area contributed by atoms with E-state index in [0.717, 1.165) is 59.8 Å². The third-order valence-corrected chi connectivity index (χ3v) is 11.9. The number of carbonyl (C=O) groups is 1. The molecule has 3 aromatic carbocycles. The fraction of sp³-hybridized carbons (Fsp3) is 0.525. The summed E-state index contributed by atoms with van der Waals surface area (Å²) in [5.41, 5.74) is 2.71. The predicted molar refractivity (Wildman–Crippen MR) is 200 cm³/mol. The number of hydrogen-bond donors (Lipinski definition) is 1. The van der Waals surface area contributed by atoms with E-state index in [0.29, 0.717) is 32.8 Å². The van der Waals surface area contributed by atoms with Crippen molar-refractivity contribution in [1.29, 1.82) is 0 Å². The monoisotopic (exact) mass is 738 g/mol. The van der Waals surface area contributed by atoms with Gasteiger partial charge in [0.15, 0.2) is 0 Å². The lowest BCUT2D eigenvalue weighted by Gasteiger charge is -2.45. The Morgan fingerprint density at radius 2 is 1.67 bits per heavy atom. The zero-order valence-corrected chi connectivity index (χ0v) is 31.9. The number of aryl methyl sites for hydroxylation is 1. The topological polar surface area (TPSA) is 124 Å². The predicted octanol–water partition coefficient (Wildman–Crippen LogP) is 6.28. The van der Waals surface area contributed by atoms with Crippen molar-refractivity contribution in [2.75, 3.05) is 65.2 Å². The molecule has 1 saturated heterocycles. The molecule has 2 aliphatic rings. The molecule has 1 fully saturated rings. The van der Waals surface area contributed by atoms with Crippen molar-refractivity contribution in [3.63, 3.8) is 0 Å². The molecule has 3 aromatic rings. The third kappa shape index (κ3) is 9.84. The zero-order valence-electron chi connectivity index (χ0n) is 31.1. The summed E-state index contributed by atoms with van der Waals surface area (Å²) in [6.07, 6.45) is 1.65. The van der Waals surface area contributed by atoms with E-state index >= 15 is 0 Å². The van der Waals surface area contributed by atoms with Crippen LogP contribution in [-0.4, -0.2) is 96.2 Å². The van der Waals surface area contributed by atoms with E-state index in [-0.39, 0.29) is 30.4 Å². The molecule has 3 atom stereocenters. The third-order valence-electron chi connectivity index (χ3n) is 9.99. The van der Waals surface area contributed by atoms with Crippen molar-refractivity contribution in [2.24, 2.45) is 5.41 Å². The Balaban J connectivity index is 1.46. The highest BCUT2D eigenvalue weighted by Gasteiger charge is 2.46. The number of anilines is 1. The van der Waals surface area contributed by atoms with Gasteiger partial charge in [-0.2, -0.15) is 4.31 Å². The van der Waals surface area contributed by atoms with Crippen LogP contribution in [0, 0.1) is 12.3 Å². The molecule has 5 rings (SSSR count). The Morgan fingerprint density at radius 3 is 2.37 bits per heavy atom. The van der Waals surface area contributed by atoms with Gasteiger partial charge in [0.1, 0.15) is 18.1 Å². The van der Waals surface area contributed by atoms with Crippen molar-refractivity contribution in [3.8, 4) is 11.5 Å². The molecule has 0 bridgehead atoms. The Morgan fingerprint density at radius 1 is 0.962 bits per heavy atom. The second-order valence-corrected chi connectivity index (χ2v) is 16.3. The lowest BCUT2D eigenvalue weighted by Crippen LogP contribution is -2.53. The minimum atomic E-state index is -4.00. The Hall–Kier alpha value is -3.68. The van der Waals surface area contributed by atoms with Crippen molar-refractivity contribution in [1.82, 2.24) is 4.31 Å². The number of nitrogens with zero attached hydrogens (tertiary/aromatic N) is 2. The molecule has 0 aliphatic carbocycles. The van der Waals surface area contributed by atoms with Crippen LogP contribution in [0.5, 0.6) is 11.5 Å². The molecule has 0 unspecified atom stereocenters. The Labute approximate surface area is 308 Å². The second-order valence-electron chi connectivity index (χ2n) is 14.4. The van der Waals surface area contributed by atoms with Crippen LogP contribution in [-0.2, 0) is 35.6 Å². The second kappa shape index (κ2) is 17.9. The summed E-state index contributed by atoms with van der Waals surface area (Å²) in [6, 6.07) is 20.1. The van der Waals surface area contributed by atoms with Crippen LogP contribution in [0.15, 0.2) is 71.6 Å². The Bertz CT molecular complexity index is 1710. The number of sulfonamides is 1. The summed E-state index contributed by atoms with van der Waals surface area (Å²) in [4.78, 5) is 14.8. The summed E-state index contributed by atoms with van der Waals surface area (Å²) in [6.45, 7) is 9.56. The van der Waals surface area contributed by atoms with Gasteiger partial charge in [0.05, 0.1) is 41.9 Å². The van der Waals surface area contributed by atoms with Gasteiger partial charge in [-0.1, -0.05) is 35.9 Å². The van der Waals surface area contributed by atoms with Crippen LogP contribution in [0.4, 0.5) is 5.69 Å². The van der Waals surface area contributed by atoms with Gasteiger partial charge in [0.2, 0.25) is 10.0 Å². The van der Waals surface area contributed by atoms with Gasteiger partial charge in [-0.05, 0) is 87.6 Å². The quantitative estimate of drug-likeness (QED) is 0.149. The van der Waals surface area contributed by atoms with Crippen molar-refractivity contribution >= 4 is 21.7 Å². The highest BCUT2D eigenvalue weighted by molar-refractivity contribution is 7.89. The number of benzene rings is 3. The normalized spacial score (nSPS) is 19.6. The van der Waals surface area contributed by atoms with E-state index < -0.39 is 33.6 Å². The minimum absolute atomic E-state index is 0.0632. The summed E-state index contributed by atoms with van der Waals surface area (Å²) in [5.74, 6) is 0.365. The van der Waals surface area contributed by atoms with E-state index in [9.17, 15) is 18.3 Å². The molecule has 0 aromatic heterocycles. The number of methoxy groups -OCH3 is 2. The average molecular weight is 739 g/mol. The first-order valence-corrected chi connectivity index (χ1v) is 19.5. The number of ether oxygens (including phenoxy) is 5. The molecule has 0 spiro atoms.